The number of likely N-dealkylation sites (N-methyl/N-ethyl adjacent to an activating group) is 1. The third kappa shape index (κ3) is 4.10. The van der Waals surface area contributed by atoms with Gasteiger partial charge in [0.2, 0.25) is 11.9 Å². The van der Waals surface area contributed by atoms with Crippen molar-refractivity contribution < 1.29 is 4.79 Å². The summed E-state index contributed by atoms with van der Waals surface area (Å²) in [5.41, 5.74) is 9.84. The summed E-state index contributed by atoms with van der Waals surface area (Å²) in [6.07, 6.45) is 0.259. The van der Waals surface area contributed by atoms with Crippen molar-refractivity contribution in [2.45, 2.75) is 53.0 Å². The van der Waals surface area contributed by atoms with E-state index in [9.17, 15) is 4.79 Å². The average molecular weight is 330 g/mol. The Morgan fingerprint density at radius 1 is 1.25 bits per heavy atom. The second-order valence-electron chi connectivity index (χ2n) is 7.19. The van der Waals surface area contributed by atoms with E-state index >= 15 is 0 Å². The molecule has 7 nitrogen and oxygen atoms in total. The van der Waals surface area contributed by atoms with Crippen LogP contribution in [0.1, 0.15) is 49.1 Å². The number of nitrogen functional groups attached to an aromatic ring is 1. The maximum atomic E-state index is 12.5. The molecule has 2 aromatic heterocycles. The van der Waals surface area contributed by atoms with Crippen LogP contribution in [0.5, 0.6) is 0 Å². The predicted molar refractivity (Wildman–Crippen MR) is 93.4 cm³/mol. The molecule has 2 rings (SSSR count). The van der Waals surface area contributed by atoms with E-state index < -0.39 is 0 Å². The monoisotopic (exact) mass is 330 g/mol. The second kappa shape index (κ2) is 6.59. The highest BCUT2D eigenvalue weighted by atomic mass is 16.2. The Morgan fingerprint density at radius 3 is 2.33 bits per heavy atom. The third-order valence-corrected chi connectivity index (χ3v) is 4.00. The van der Waals surface area contributed by atoms with Crippen molar-refractivity contribution in [2.24, 2.45) is 0 Å². The fourth-order valence-corrected chi connectivity index (χ4v) is 2.48. The van der Waals surface area contributed by atoms with Gasteiger partial charge < -0.3 is 10.6 Å². The lowest BCUT2D eigenvalue weighted by atomic mass is 9.92. The van der Waals surface area contributed by atoms with E-state index in [1.54, 1.807) is 11.9 Å². The summed E-state index contributed by atoms with van der Waals surface area (Å²) in [6, 6.07) is 2.01. The van der Waals surface area contributed by atoms with Gasteiger partial charge in [-0.3, -0.25) is 9.89 Å². The van der Waals surface area contributed by atoms with Crippen LogP contribution >= 0.6 is 0 Å². The van der Waals surface area contributed by atoms with Gasteiger partial charge >= 0.3 is 0 Å². The summed E-state index contributed by atoms with van der Waals surface area (Å²) >= 11 is 0. The summed E-state index contributed by atoms with van der Waals surface area (Å²) in [4.78, 5) is 22.5. The van der Waals surface area contributed by atoms with Crippen LogP contribution in [-0.4, -0.2) is 38.0 Å². The van der Waals surface area contributed by atoms with Gasteiger partial charge in [0.15, 0.2) is 0 Å². The van der Waals surface area contributed by atoms with E-state index in [0.29, 0.717) is 6.54 Å². The molecule has 0 saturated carbocycles. The first kappa shape index (κ1) is 17.9. The molecule has 130 valence electrons. The zero-order chi connectivity index (χ0) is 18.1. The number of nitrogens with one attached hydrogen (secondary N) is 1. The number of nitrogens with two attached hydrogens (primary N) is 1. The predicted octanol–water partition coefficient (Wildman–Crippen LogP) is 1.90. The van der Waals surface area contributed by atoms with Crippen molar-refractivity contribution in [3.63, 3.8) is 0 Å². The van der Waals surface area contributed by atoms with E-state index in [1.807, 2.05) is 19.9 Å². The molecule has 0 spiro atoms. The number of aryl methyl sites for hydroxylation is 2. The van der Waals surface area contributed by atoms with Crippen LogP contribution in [0, 0.1) is 13.8 Å². The normalized spacial score (nSPS) is 11.6. The number of carbonyl (C=O) groups excluding carboxylic acids is 1. The number of hydrogen-bond donors (Lipinski definition) is 2. The van der Waals surface area contributed by atoms with Crippen LogP contribution < -0.4 is 5.73 Å². The Hall–Kier alpha value is -2.44. The molecular weight excluding hydrogens is 304 g/mol. The molecule has 0 aliphatic carbocycles. The van der Waals surface area contributed by atoms with Gasteiger partial charge in [-0.1, -0.05) is 20.8 Å². The first-order chi connectivity index (χ1) is 11.1. The molecule has 0 radical (unpaired) electrons. The van der Waals surface area contributed by atoms with Crippen molar-refractivity contribution in [3.8, 4) is 0 Å². The number of amides is 1. The highest BCUT2D eigenvalue weighted by Crippen LogP contribution is 2.21. The Bertz CT molecular complexity index is 721. The van der Waals surface area contributed by atoms with E-state index in [0.717, 1.165) is 28.3 Å². The molecule has 0 unspecified atom stereocenters. The molecule has 2 heterocycles. The first-order valence-electron chi connectivity index (χ1n) is 7.96. The van der Waals surface area contributed by atoms with Gasteiger partial charge in [-0.05, 0) is 19.9 Å². The number of aromatic nitrogens is 4. The van der Waals surface area contributed by atoms with Gasteiger partial charge in [-0.2, -0.15) is 5.10 Å². The van der Waals surface area contributed by atoms with E-state index in [1.165, 1.54) is 0 Å². The number of carbonyl (C=O) groups is 1. The lowest BCUT2D eigenvalue weighted by molar-refractivity contribution is -0.129. The minimum Gasteiger partial charge on any atom is -0.368 e. The number of hydrogen-bond acceptors (Lipinski definition) is 5. The van der Waals surface area contributed by atoms with Gasteiger partial charge in [-0.25, -0.2) is 9.97 Å². The largest absolute Gasteiger partial charge is 0.368 e. The molecule has 0 fully saturated rings. The molecule has 0 atom stereocenters. The maximum absolute atomic E-state index is 12.5. The molecule has 0 bridgehead atoms. The molecule has 0 aliphatic rings. The van der Waals surface area contributed by atoms with Gasteiger partial charge in [0, 0.05) is 29.4 Å². The molecule has 0 aromatic carbocycles. The van der Waals surface area contributed by atoms with Crippen molar-refractivity contribution >= 4 is 11.9 Å². The second-order valence-corrected chi connectivity index (χ2v) is 7.19. The third-order valence-electron chi connectivity index (χ3n) is 4.00. The lowest BCUT2D eigenvalue weighted by Crippen LogP contribution is -2.28. The van der Waals surface area contributed by atoms with Crippen LogP contribution in [0.4, 0.5) is 5.95 Å². The minimum atomic E-state index is -0.0210. The summed E-state index contributed by atoms with van der Waals surface area (Å²) in [6.45, 7) is 10.5. The van der Waals surface area contributed by atoms with Crippen molar-refractivity contribution in [1.29, 1.82) is 0 Å². The van der Waals surface area contributed by atoms with Crippen LogP contribution in [-0.2, 0) is 23.2 Å². The summed E-state index contributed by atoms with van der Waals surface area (Å²) in [5, 5.41) is 7.33. The van der Waals surface area contributed by atoms with Crippen molar-refractivity contribution in [1.82, 2.24) is 25.1 Å². The Balaban J connectivity index is 2.07. The lowest BCUT2D eigenvalue weighted by Gasteiger charge is -2.17. The summed E-state index contributed by atoms with van der Waals surface area (Å²) < 4.78 is 0. The van der Waals surface area contributed by atoms with Gasteiger partial charge in [0.1, 0.15) is 0 Å². The zero-order valence-electron chi connectivity index (χ0n) is 15.3. The van der Waals surface area contributed by atoms with E-state index in [-0.39, 0.29) is 23.7 Å². The Kier molecular flexibility index (Phi) is 4.91. The van der Waals surface area contributed by atoms with E-state index in [2.05, 4.69) is 40.9 Å². The standard InChI is InChI=1S/C17H26N6O/c1-10-13(11(2)20-16(18)19-10)8-15(24)23(6)9-12-7-14(22-21-12)17(3,4)5/h7H,8-9H2,1-6H3,(H,21,22)(H2,18,19,20). The van der Waals surface area contributed by atoms with Crippen molar-refractivity contribution in [3.05, 3.63) is 34.4 Å². The quantitative estimate of drug-likeness (QED) is 0.891. The number of anilines is 1. The molecule has 24 heavy (non-hydrogen) atoms. The smallest absolute Gasteiger partial charge is 0.227 e. The van der Waals surface area contributed by atoms with Crippen LogP contribution in [0.25, 0.3) is 0 Å². The highest BCUT2D eigenvalue weighted by molar-refractivity contribution is 5.79. The number of H-pyrrole nitrogens is 1. The summed E-state index contributed by atoms with van der Waals surface area (Å²) in [5.74, 6) is 0.239. The molecule has 0 aliphatic heterocycles. The van der Waals surface area contributed by atoms with Crippen molar-refractivity contribution in [2.75, 3.05) is 12.8 Å². The first-order valence-corrected chi connectivity index (χ1v) is 7.96. The number of rotatable bonds is 4. The topological polar surface area (TPSA) is 101 Å². The zero-order valence-corrected chi connectivity index (χ0v) is 15.3. The van der Waals surface area contributed by atoms with E-state index in [4.69, 9.17) is 5.73 Å². The molecule has 2 aromatic rings. The fourth-order valence-electron chi connectivity index (χ4n) is 2.48. The molecule has 0 saturated heterocycles. The highest BCUT2D eigenvalue weighted by Gasteiger charge is 2.19. The fraction of sp³-hybridized carbons (Fsp3) is 0.529. The summed E-state index contributed by atoms with van der Waals surface area (Å²) in [7, 11) is 1.78. The number of nitrogens with zero attached hydrogens (tertiary/aromatic N) is 4. The maximum Gasteiger partial charge on any atom is 0.227 e. The Morgan fingerprint density at radius 2 is 1.83 bits per heavy atom. The SMILES string of the molecule is Cc1nc(N)nc(C)c1CC(=O)N(C)Cc1cc(C(C)(C)C)n[nH]1. The van der Waals surface area contributed by atoms with Gasteiger partial charge in [0.05, 0.1) is 24.4 Å². The van der Waals surface area contributed by atoms with Crippen LogP contribution in [0.2, 0.25) is 0 Å². The van der Waals surface area contributed by atoms with Gasteiger partial charge in [-0.15, -0.1) is 0 Å². The van der Waals surface area contributed by atoms with Gasteiger partial charge in [0.25, 0.3) is 0 Å². The molecule has 7 heteroatoms. The Labute approximate surface area is 142 Å². The molecule has 3 N–H and O–H groups in total. The average Bonchev–Trinajstić information content (AvgIpc) is 2.91. The number of aromatic amines is 1. The molecular formula is C17H26N6O. The molecule has 1 amide bonds. The minimum absolute atomic E-state index is 0.00137. The van der Waals surface area contributed by atoms with Crippen LogP contribution in [0.3, 0.4) is 0 Å². The van der Waals surface area contributed by atoms with Crippen LogP contribution in [0.15, 0.2) is 6.07 Å².